The van der Waals surface area contributed by atoms with Crippen LogP contribution in [0.5, 0.6) is 0 Å². The van der Waals surface area contributed by atoms with Gasteiger partial charge in [-0.3, -0.25) is 4.98 Å². The van der Waals surface area contributed by atoms with E-state index in [0.717, 1.165) is 33.6 Å². The molecule has 0 radical (unpaired) electrons. The summed E-state index contributed by atoms with van der Waals surface area (Å²) < 4.78 is 38.6. The van der Waals surface area contributed by atoms with Gasteiger partial charge < -0.3 is 4.84 Å². The number of rotatable bonds is 3. The van der Waals surface area contributed by atoms with E-state index in [2.05, 4.69) is 26.1 Å². The van der Waals surface area contributed by atoms with E-state index in [1.54, 1.807) is 0 Å². The van der Waals surface area contributed by atoms with E-state index >= 15 is 0 Å². The predicted molar refractivity (Wildman–Crippen MR) is 88.0 cm³/mol. The molecule has 0 saturated carbocycles. The molecule has 0 saturated heterocycles. The molecule has 1 aliphatic rings. The van der Waals surface area contributed by atoms with Gasteiger partial charge in [0.05, 0.1) is 5.56 Å². The third kappa shape index (κ3) is 3.77. The number of hydrogen-bond acceptors (Lipinski definition) is 3. The third-order valence-electron chi connectivity index (χ3n) is 3.90. The Kier molecular flexibility index (Phi) is 4.62. The average molecular weight is 399 g/mol. The Morgan fingerprint density at radius 1 is 1.25 bits per heavy atom. The molecule has 1 aromatic heterocycles. The molecule has 1 unspecified atom stereocenters. The number of halogens is 4. The topological polar surface area (TPSA) is 34.5 Å². The van der Waals surface area contributed by atoms with Crippen LogP contribution in [0.2, 0.25) is 0 Å². The number of hydrogen-bond donors (Lipinski definition) is 0. The third-order valence-corrected chi connectivity index (χ3v) is 4.37. The van der Waals surface area contributed by atoms with Crippen LogP contribution in [-0.4, -0.2) is 9.60 Å². The molecule has 0 aliphatic carbocycles. The van der Waals surface area contributed by atoms with Gasteiger partial charge in [-0.2, -0.15) is 13.2 Å². The molecule has 0 N–H and O–H groups in total. The summed E-state index contributed by atoms with van der Waals surface area (Å²) in [5, 5.41) is 3.88. The van der Waals surface area contributed by atoms with Crippen LogP contribution >= 0.6 is 15.9 Å². The summed E-state index contributed by atoms with van der Waals surface area (Å²) in [7, 11) is 0. The van der Waals surface area contributed by atoms with Crippen molar-refractivity contribution < 1.29 is 18.0 Å². The van der Waals surface area contributed by atoms with E-state index in [4.69, 9.17) is 4.84 Å². The molecular formula is C17H14BrF3N2O. The minimum atomic E-state index is -4.37. The first-order valence-corrected chi connectivity index (χ1v) is 8.12. The van der Waals surface area contributed by atoms with Gasteiger partial charge in [-0.05, 0) is 51.7 Å². The minimum absolute atomic E-state index is 0.140. The molecule has 0 fully saturated rings. The van der Waals surface area contributed by atoms with Crippen molar-refractivity contribution in [2.24, 2.45) is 5.16 Å². The summed E-state index contributed by atoms with van der Waals surface area (Å²) in [6.07, 6.45) is -2.50. The van der Waals surface area contributed by atoms with E-state index in [1.807, 2.05) is 25.1 Å². The van der Waals surface area contributed by atoms with Gasteiger partial charge in [0.15, 0.2) is 6.10 Å². The summed E-state index contributed by atoms with van der Waals surface area (Å²) in [6, 6.07) is 8.43. The van der Waals surface area contributed by atoms with Gasteiger partial charge in [0.1, 0.15) is 4.62 Å². The highest BCUT2D eigenvalue weighted by atomic mass is 79.9. The molecule has 2 heterocycles. The zero-order valence-electron chi connectivity index (χ0n) is 12.8. The van der Waals surface area contributed by atoms with Crippen LogP contribution in [0.3, 0.4) is 0 Å². The lowest BCUT2D eigenvalue weighted by Crippen LogP contribution is -2.06. The lowest BCUT2D eigenvalue weighted by molar-refractivity contribution is -0.137. The largest absolute Gasteiger partial charge is 0.417 e. The lowest BCUT2D eigenvalue weighted by atomic mass is 9.97. The molecule has 1 aliphatic heterocycles. The number of benzene rings is 1. The van der Waals surface area contributed by atoms with Crippen molar-refractivity contribution in [1.82, 2.24) is 4.98 Å². The van der Waals surface area contributed by atoms with Crippen LogP contribution in [0.25, 0.3) is 0 Å². The molecule has 1 aromatic carbocycles. The van der Waals surface area contributed by atoms with Crippen molar-refractivity contribution >= 4 is 20.6 Å². The number of alkyl halides is 3. The van der Waals surface area contributed by atoms with Gasteiger partial charge in [0, 0.05) is 24.7 Å². The van der Waals surface area contributed by atoms with Crippen molar-refractivity contribution in [3.8, 4) is 0 Å². The Hall–Kier alpha value is -1.89. The fraction of sp³-hybridized carbons (Fsp3) is 0.294. The molecule has 0 amide bonds. The SMILES string of the molecule is Cc1ccc(C2CC(Br)=NO2)cc1Cc1ccc(C(F)(F)F)cn1. The first-order chi connectivity index (χ1) is 11.3. The second-order valence-electron chi connectivity index (χ2n) is 5.66. The van der Waals surface area contributed by atoms with Crippen molar-refractivity contribution in [2.45, 2.75) is 32.0 Å². The van der Waals surface area contributed by atoms with Crippen LogP contribution in [0.1, 0.15) is 40.5 Å². The van der Waals surface area contributed by atoms with Crippen LogP contribution in [0.15, 0.2) is 41.7 Å². The zero-order valence-corrected chi connectivity index (χ0v) is 14.4. The highest BCUT2D eigenvalue weighted by molar-refractivity contribution is 9.18. The normalized spacial score (nSPS) is 17.5. The fourth-order valence-electron chi connectivity index (χ4n) is 2.50. The smallest absolute Gasteiger partial charge is 0.386 e. The van der Waals surface area contributed by atoms with Gasteiger partial charge in [0.25, 0.3) is 0 Å². The van der Waals surface area contributed by atoms with E-state index in [0.29, 0.717) is 18.5 Å². The monoisotopic (exact) mass is 398 g/mol. The van der Waals surface area contributed by atoms with Gasteiger partial charge in [0.2, 0.25) is 0 Å². The van der Waals surface area contributed by atoms with E-state index in [9.17, 15) is 13.2 Å². The van der Waals surface area contributed by atoms with Gasteiger partial charge in [-0.1, -0.05) is 23.4 Å². The van der Waals surface area contributed by atoms with E-state index in [1.165, 1.54) is 6.07 Å². The molecule has 24 heavy (non-hydrogen) atoms. The number of aryl methyl sites for hydroxylation is 1. The van der Waals surface area contributed by atoms with Crippen LogP contribution < -0.4 is 0 Å². The summed E-state index contributed by atoms with van der Waals surface area (Å²) in [6.45, 7) is 1.96. The second kappa shape index (κ2) is 6.55. The molecule has 7 heteroatoms. The number of aromatic nitrogens is 1. The molecular weight excluding hydrogens is 385 g/mol. The molecule has 126 valence electrons. The minimum Gasteiger partial charge on any atom is -0.386 e. The standard InChI is InChI=1S/C17H14BrF3N2O/c1-10-2-3-11(15-8-16(18)23-24-15)6-12(10)7-14-5-4-13(9-22-14)17(19,20)21/h2-6,9,15H,7-8H2,1H3. The van der Waals surface area contributed by atoms with Crippen LogP contribution in [-0.2, 0) is 17.4 Å². The molecule has 1 atom stereocenters. The van der Waals surface area contributed by atoms with Gasteiger partial charge in [-0.25, -0.2) is 0 Å². The maximum atomic E-state index is 12.6. The van der Waals surface area contributed by atoms with Crippen molar-refractivity contribution in [3.63, 3.8) is 0 Å². The maximum absolute atomic E-state index is 12.6. The Morgan fingerprint density at radius 2 is 2.04 bits per heavy atom. The zero-order chi connectivity index (χ0) is 17.3. The van der Waals surface area contributed by atoms with Crippen molar-refractivity contribution in [1.29, 1.82) is 0 Å². The number of nitrogens with zero attached hydrogens (tertiary/aromatic N) is 2. The Labute approximate surface area is 145 Å². The first-order valence-electron chi connectivity index (χ1n) is 7.32. The van der Waals surface area contributed by atoms with Gasteiger partial charge in [-0.15, -0.1) is 0 Å². The maximum Gasteiger partial charge on any atom is 0.417 e. The van der Waals surface area contributed by atoms with Gasteiger partial charge >= 0.3 is 6.18 Å². The van der Waals surface area contributed by atoms with E-state index in [-0.39, 0.29) is 6.10 Å². The number of pyridine rings is 1. The Bertz CT molecular complexity index is 772. The molecule has 2 aromatic rings. The second-order valence-corrected chi connectivity index (χ2v) is 6.58. The molecule has 0 spiro atoms. The molecule has 3 rings (SSSR count). The summed E-state index contributed by atoms with van der Waals surface area (Å²) >= 11 is 3.31. The summed E-state index contributed by atoms with van der Waals surface area (Å²) in [5.41, 5.74) is 2.90. The predicted octanol–water partition coefficient (Wildman–Crippen LogP) is 5.17. The van der Waals surface area contributed by atoms with E-state index < -0.39 is 11.7 Å². The molecule has 0 bridgehead atoms. The highest BCUT2D eigenvalue weighted by Crippen LogP contribution is 2.31. The quantitative estimate of drug-likeness (QED) is 0.714. The Morgan fingerprint density at radius 3 is 2.62 bits per heavy atom. The van der Waals surface area contributed by atoms with Crippen LogP contribution in [0.4, 0.5) is 13.2 Å². The lowest BCUT2D eigenvalue weighted by Gasteiger charge is -2.13. The van der Waals surface area contributed by atoms with Crippen molar-refractivity contribution in [2.75, 3.05) is 0 Å². The Balaban J connectivity index is 1.79. The fourth-order valence-corrected chi connectivity index (χ4v) is 2.88. The first kappa shape index (κ1) is 17.0. The average Bonchev–Trinajstić information content (AvgIpc) is 2.96. The number of oxime groups is 1. The molecule has 3 nitrogen and oxygen atoms in total. The van der Waals surface area contributed by atoms with Crippen LogP contribution in [0, 0.1) is 6.92 Å². The highest BCUT2D eigenvalue weighted by Gasteiger charge is 2.30. The van der Waals surface area contributed by atoms with Crippen molar-refractivity contribution in [3.05, 3.63) is 64.5 Å². The summed E-state index contributed by atoms with van der Waals surface area (Å²) in [4.78, 5) is 9.29. The summed E-state index contributed by atoms with van der Waals surface area (Å²) in [5.74, 6) is 0.